The summed E-state index contributed by atoms with van der Waals surface area (Å²) < 4.78 is 100. The third-order valence-electron chi connectivity index (χ3n) is 6.02. The van der Waals surface area contributed by atoms with Crippen molar-refractivity contribution < 1.29 is 39.5 Å². The number of amides is 1. The van der Waals surface area contributed by atoms with Crippen LogP contribution in [0, 0.1) is 0 Å². The van der Waals surface area contributed by atoms with E-state index in [0.717, 1.165) is 28.6 Å². The lowest BCUT2D eigenvalue weighted by Crippen LogP contribution is -2.38. The zero-order valence-electron chi connectivity index (χ0n) is 22.5. The Hall–Kier alpha value is -3.98. The highest BCUT2D eigenvalue weighted by Gasteiger charge is 2.34. The smallest absolute Gasteiger partial charge is 0.417 e. The van der Waals surface area contributed by atoms with Gasteiger partial charge in [-0.2, -0.15) is 13.2 Å². The largest absolute Gasteiger partial charge is 0.497 e. The molecule has 0 bridgehead atoms. The number of methoxy groups -OCH3 is 1. The number of nitrogens with one attached hydrogen (secondary N) is 2. The van der Waals surface area contributed by atoms with Gasteiger partial charge in [0.05, 0.1) is 33.2 Å². The molecule has 0 aliphatic rings. The summed E-state index contributed by atoms with van der Waals surface area (Å²) in [5.74, 6) is -0.328. The number of carbonyl (C=O) groups excluding carboxylic acids is 1. The molecule has 4 rings (SSSR count). The molecule has 1 amide bonds. The van der Waals surface area contributed by atoms with Crippen molar-refractivity contribution in [2.45, 2.75) is 16.0 Å². The van der Waals surface area contributed by atoms with Crippen molar-refractivity contribution in [3.05, 3.63) is 107 Å². The number of halogens is 5. The van der Waals surface area contributed by atoms with Crippen molar-refractivity contribution in [1.29, 1.82) is 0 Å². The number of hydrogen-bond donors (Lipinski definition) is 2. The first-order chi connectivity index (χ1) is 20.6. The molecule has 0 saturated carbocycles. The number of hydrogen-bond acceptors (Lipinski definition) is 6. The molecule has 0 atom stereocenters. The molecule has 4 aromatic carbocycles. The molecule has 0 radical (unpaired) electrons. The Balaban J connectivity index is 1.52. The zero-order valence-corrected chi connectivity index (χ0v) is 25.6. The van der Waals surface area contributed by atoms with Crippen molar-refractivity contribution in [2.75, 3.05) is 28.0 Å². The summed E-state index contributed by atoms with van der Waals surface area (Å²) in [6.45, 7) is -0.657. The van der Waals surface area contributed by atoms with Gasteiger partial charge >= 0.3 is 6.18 Å². The third kappa shape index (κ3) is 7.75. The molecule has 9 nitrogen and oxygen atoms in total. The molecule has 0 aliphatic heterocycles. The molecule has 0 fully saturated rings. The van der Waals surface area contributed by atoms with Gasteiger partial charge < -0.3 is 10.1 Å². The standard InChI is InChI=1S/C28H22Cl2F3N3O6S2/c1-42-22-9-13-24(14-10-22)44(40,41)36(21-7-2-18(29)3-8-21)17-27(37)34-19-4-11-23(12-5-19)43(38,39)35-20-6-15-26(30)25(16-20)28(31,32)33/h2-16,35H,17H2,1H3,(H,34,37). The van der Waals surface area contributed by atoms with Crippen LogP contribution in [0.5, 0.6) is 5.75 Å². The number of nitrogens with zero attached hydrogens (tertiary/aromatic N) is 1. The second-order valence-corrected chi connectivity index (χ2v) is 13.4. The van der Waals surface area contributed by atoms with E-state index in [0.29, 0.717) is 16.8 Å². The second-order valence-electron chi connectivity index (χ2n) is 9.03. The van der Waals surface area contributed by atoms with Crippen LogP contribution in [0.1, 0.15) is 5.56 Å². The maximum Gasteiger partial charge on any atom is 0.417 e. The summed E-state index contributed by atoms with van der Waals surface area (Å²) in [5.41, 5.74) is -1.29. The number of anilines is 3. The third-order valence-corrected chi connectivity index (χ3v) is 9.79. The molecule has 0 aromatic heterocycles. The molecular formula is C28H22Cl2F3N3O6S2. The summed E-state index contributed by atoms with van der Waals surface area (Å²) in [7, 11) is -7.14. The summed E-state index contributed by atoms with van der Waals surface area (Å²) in [6, 6.07) is 18.6. The van der Waals surface area contributed by atoms with Gasteiger partial charge in [-0.15, -0.1) is 0 Å². The number of rotatable bonds is 10. The van der Waals surface area contributed by atoms with Crippen molar-refractivity contribution in [3.63, 3.8) is 0 Å². The van der Waals surface area contributed by atoms with Crippen LogP contribution in [0.25, 0.3) is 0 Å². The fourth-order valence-corrected chi connectivity index (χ4v) is 6.69. The van der Waals surface area contributed by atoms with Crippen LogP contribution in [-0.4, -0.2) is 36.4 Å². The first-order valence-corrected chi connectivity index (χ1v) is 16.0. The van der Waals surface area contributed by atoms with Gasteiger partial charge in [0.1, 0.15) is 12.3 Å². The summed E-state index contributed by atoms with van der Waals surface area (Å²) in [5, 5.41) is 2.27. The van der Waals surface area contributed by atoms with Crippen LogP contribution in [0.4, 0.5) is 30.2 Å². The molecule has 0 spiro atoms. The molecule has 16 heteroatoms. The highest BCUT2D eigenvalue weighted by atomic mass is 35.5. The Labute approximate surface area is 261 Å². The minimum atomic E-state index is -4.80. The maximum absolute atomic E-state index is 13.5. The molecule has 0 unspecified atom stereocenters. The molecule has 2 N–H and O–H groups in total. The Kier molecular flexibility index (Phi) is 9.68. The Morgan fingerprint density at radius 1 is 0.818 bits per heavy atom. The van der Waals surface area contributed by atoms with E-state index in [9.17, 15) is 34.8 Å². The number of benzene rings is 4. The van der Waals surface area contributed by atoms with Gasteiger partial charge in [0.25, 0.3) is 20.0 Å². The van der Waals surface area contributed by atoms with Crippen LogP contribution in [0.3, 0.4) is 0 Å². The van der Waals surface area contributed by atoms with Crippen LogP contribution in [0.15, 0.2) is 101 Å². The van der Waals surface area contributed by atoms with Crippen molar-refractivity contribution in [3.8, 4) is 5.75 Å². The lowest BCUT2D eigenvalue weighted by atomic mass is 10.2. The van der Waals surface area contributed by atoms with Crippen LogP contribution in [0.2, 0.25) is 10.0 Å². The van der Waals surface area contributed by atoms with Gasteiger partial charge in [0.2, 0.25) is 5.91 Å². The van der Waals surface area contributed by atoms with E-state index in [1.165, 1.54) is 67.8 Å². The molecule has 4 aromatic rings. The van der Waals surface area contributed by atoms with Gasteiger partial charge in [-0.3, -0.25) is 13.8 Å². The van der Waals surface area contributed by atoms with Gasteiger partial charge in [-0.25, -0.2) is 16.8 Å². The zero-order chi connectivity index (χ0) is 32.3. The van der Waals surface area contributed by atoms with E-state index in [2.05, 4.69) is 10.0 Å². The fraction of sp³-hybridized carbons (Fsp3) is 0.107. The van der Waals surface area contributed by atoms with Crippen LogP contribution >= 0.6 is 23.2 Å². The lowest BCUT2D eigenvalue weighted by Gasteiger charge is -2.24. The highest BCUT2D eigenvalue weighted by molar-refractivity contribution is 7.93. The topological polar surface area (TPSA) is 122 Å². The van der Waals surface area contributed by atoms with E-state index in [-0.39, 0.29) is 26.9 Å². The van der Waals surface area contributed by atoms with E-state index in [1.807, 2.05) is 0 Å². The average molecular weight is 689 g/mol. The lowest BCUT2D eigenvalue weighted by molar-refractivity contribution is -0.137. The number of carbonyl (C=O) groups is 1. The highest BCUT2D eigenvalue weighted by Crippen LogP contribution is 2.36. The number of sulfonamides is 2. The van der Waals surface area contributed by atoms with Crippen LogP contribution < -0.4 is 19.1 Å². The Bertz CT molecular complexity index is 1870. The monoisotopic (exact) mass is 687 g/mol. The van der Waals surface area contributed by atoms with Crippen LogP contribution in [-0.2, 0) is 31.0 Å². The van der Waals surface area contributed by atoms with E-state index >= 15 is 0 Å². The van der Waals surface area contributed by atoms with Gasteiger partial charge in [-0.1, -0.05) is 23.2 Å². The predicted molar refractivity (Wildman–Crippen MR) is 161 cm³/mol. The SMILES string of the molecule is COc1ccc(S(=O)(=O)N(CC(=O)Nc2ccc(S(=O)(=O)Nc3ccc(Cl)c(C(F)(F)F)c3)cc2)c2ccc(Cl)cc2)cc1. The summed E-state index contributed by atoms with van der Waals surface area (Å²) in [4.78, 5) is 12.6. The van der Waals surface area contributed by atoms with E-state index < -0.39 is 49.3 Å². The first kappa shape index (κ1) is 32.9. The first-order valence-electron chi connectivity index (χ1n) is 12.3. The predicted octanol–water partition coefficient (Wildman–Crippen LogP) is 6.66. The minimum absolute atomic E-state index is 0.105. The molecule has 0 heterocycles. The molecular weight excluding hydrogens is 666 g/mol. The van der Waals surface area contributed by atoms with Crippen molar-refractivity contribution >= 4 is 66.2 Å². The van der Waals surface area contributed by atoms with E-state index in [4.69, 9.17) is 27.9 Å². The minimum Gasteiger partial charge on any atom is -0.497 e. The average Bonchev–Trinajstić information content (AvgIpc) is 2.97. The summed E-state index contributed by atoms with van der Waals surface area (Å²) in [6.07, 6.45) is -4.80. The van der Waals surface area contributed by atoms with Gasteiger partial charge in [-0.05, 0) is 91.0 Å². The Morgan fingerprint density at radius 2 is 1.39 bits per heavy atom. The second kappa shape index (κ2) is 12.9. The number of alkyl halides is 3. The maximum atomic E-state index is 13.5. The Morgan fingerprint density at radius 3 is 1.95 bits per heavy atom. The quantitative estimate of drug-likeness (QED) is 0.192. The number of ether oxygens (including phenoxy) is 1. The van der Waals surface area contributed by atoms with Gasteiger partial charge in [0.15, 0.2) is 0 Å². The fourth-order valence-electron chi connectivity index (χ4n) is 3.87. The molecule has 44 heavy (non-hydrogen) atoms. The summed E-state index contributed by atoms with van der Waals surface area (Å²) >= 11 is 11.5. The molecule has 232 valence electrons. The van der Waals surface area contributed by atoms with E-state index in [1.54, 1.807) is 0 Å². The molecule has 0 saturated heterocycles. The normalized spacial score (nSPS) is 12.0. The molecule has 0 aliphatic carbocycles. The van der Waals surface area contributed by atoms with Crippen molar-refractivity contribution in [1.82, 2.24) is 0 Å². The van der Waals surface area contributed by atoms with Gasteiger partial charge in [0, 0.05) is 16.4 Å². The van der Waals surface area contributed by atoms with Crippen molar-refractivity contribution in [2.24, 2.45) is 0 Å².